The van der Waals surface area contributed by atoms with Crippen molar-refractivity contribution in [1.29, 1.82) is 0 Å². The molecule has 0 amide bonds. The van der Waals surface area contributed by atoms with Crippen LogP contribution in [-0.4, -0.2) is 49.1 Å². The van der Waals surface area contributed by atoms with E-state index in [1.807, 2.05) is 19.1 Å². The van der Waals surface area contributed by atoms with Crippen molar-refractivity contribution in [2.24, 2.45) is 5.73 Å². The summed E-state index contributed by atoms with van der Waals surface area (Å²) in [4.78, 5) is 4.67. The number of hydrogen-bond acceptors (Lipinski definition) is 3. The third-order valence-corrected chi connectivity index (χ3v) is 4.96. The van der Waals surface area contributed by atoms with E-state index in [1.54, 1.807) is 0 Å². The van der Waals surface area contributed by atoms with Gasteiger partial charge in [-0.2, -0.15) is 0 Å². The third-order valence-electron chi connectivity index (χ3n) is 4.96. The Labute approximate surface area is 127 Å². The average Bonchev–Trinajstić information content (AvgIpc) is 2.35. The van der Waals surface area contributed by atoms with Gasteiger partial charge < -0.3 is 10.6 Å². The molecule has 0 spiro atoms. The molecule has 2 atom stereocenters. The predicted octanol–water partition coefficient (Wildman–Crippen LogP) is 2.63. The summed E-state index contributed by atoms with van der Waals surface area (Å²) in [7, 11) is 6.44. The second-order valence-electron chi connectivity index (χ2n) is 6.74. The van der Waals surface area contributed by atoms with Crippen LogP contribution >= 0.6 is 0 Å². The van der Waals surface area contributed by atoms with Gasteiger partial charge in [-0.05, 0) is 65.0 Å². The van der Waals surface area contributed by atoms with Crippen molar-refractivity contribution in [3.8, 4) is 0 Å². The van der Waals surface area contributed by atoms with Gasteiger partial charge >= 0.3 is 0 Å². The van der Waals surface area contributed by atoms with Gasteiger partial charge in [-0.3, -0.25) is 4.90 Å². The molecule has 0 saturated heterocycles. The molecule has 1 aliphatic rings. The quantitative estimate of drug-likeness (QED) is 0.875. The van der Waals surface area contributed by atoms with Crippen molar-refractivity contribution in [1.82, 2.24) is 9.80 Å². The van der Waals surface area contributed by atoms with E-state index < -0.39 is 0 Å². The summed E-state index contributed by atoms with van der Waals surface area (Å²) in [5.41, 5.74) is 7.56. The Bertz CT molecular complexity index is 452. The van der Waals surface area contributed by atoms with E-state index >= 15 is 0 Å². The summed E-state index contributed by atoms with van der Waals surface area (Å²) in [5, 5.41) is 0. The Hall–Kier alpha value is -0.970. The summed E-state index contributed by atoms with van der Waals surface area (Å²) in [5.74, 6) is -0.200. The highest BCUT2D eigenvalue weighted by molar-refractivity contribution is 5.21. The van der Waals surface area contributed by atoms with Crippen molar-refractivity contribution >= 4 is 0 Å². The maximum Gasteiger partial charge on any atom is 0.123 e. The molecule has 1 saturated carbocycles. The fourth-order valence-corrected chi connectivity index (χ4v) is 3.51. The molecular weight excluding hydrogens is 265 g/mol. The lowest BCUT2D eigenvalue weighted by Crippen LogP contribution is -2.58. The lowest BCUT2D eigenvalue weighted by molar-refractivity contribution is 0.0131. The molecule has 0 aromatic heterocycles. The summed E-state index contributed by atoms with van der Waals surface area (Å²) >= 11 is 0. The first-order chi connectivity index (χ1) is 9.85. The van der Waals surface area contributed by atoms with Crippen LogP contribution < -0.4 is 5.73 Å². The highest BCUT2D eigenvalue weighted by Gasteiger charge is 2.41. The van der Waals surface area contributed by atoms with Crippen LogP contribution in [0.25, 0.3) is 0 Å². The van der Waals surface area contributed by atoms with E-state index in [9.17, 15) is 4.39 Å². The molecule has 2 unspecified atom stereocenters. The van der Waals surface area contributed by atoms with Crippen LogP contribution in [0.1, 0.15) is 37.8 Å². The van der Waals surface area contributed by atoms with Gasteiger partial charge in [0.05, 0.1) is 0 Å². The second kappa shape index (κ2) is 6.42. The molecule has 2 rings (SSSR count). The molecule has 1 aromatic carbocycles. The molecule has 0 aliphatic heterocycles. The van der Waals surface area contributed by atoms with Crippen molar-refractivity contribution in [2.45, 2.75) is 43.8 Å². The van der Waals surface area contributed by atoms with E-state index in [0.717, 1.165) is 12.1 Å². The molecule has 2 N–H and O–H groups in total. The molecule has 0 radical (unpaired) electrons. The monoisotopic (exact) mass is 293 g/mol. The van der Waals surface area contributed by atoms with Gasteiger partial charge in [-0.1, -0.05) is 12.1 Å². The lowest BCUT2D eigenvalue weighted by Gasteiger charge is -2.50. The smallest absolute Gasteiger partial charge is 0.123 e. The van der Waals surface area contributed by atoms with Crippen LogP contribution in [0.5, 0.6) is 0 Å². The van der Waals surface area contributed by atoms with E-state index in [-0.39, 0.29) is 23.4 Å². The Morgan fingerprint density at radius 3 is 2.14 bits per heavy atom. The minimum Gasteiger partial charge on any atom is -0.326 e. The molecular formula is C17H28FN3. The van der Waals surface area contributed by atoms with Gasteiger partial charge in [0, 0.05) is 24.2 Å². The van der Waals surface area contributed by atoms with Crippen LogP contribution in [0.2, 0.25) is 0 Å². The number of nitrogens with zero attached hydrogens (tertiary/aromatic N) is 2. The Morgan fingerprint density at radius 2 is 1.76 bits per heavy atom. The maximum absolute atomic E-state index is 13.1. The van der Waals surface area contributed by atoms with E-state index in [0.29, 0.717) is 0 Å². The molecule has 21 heavy (non-hydrogen) atoms. The Kier molecular flexibility index (Phi) is 5.02. The topological polar surface area (TPSA) is 32.5 Å². The average molecular weight is 293 g/mol. The van der Waals surface area contributed by atoms with E-state index in [4.69, 9.17) is 5.73 Å². The highest BCUT2D eigenvalue weighted by Crippen LogP contribution is 2.38. The summed E-state index contributed by atoms with van der Waals surface area (Å²) in [6.45, 7) is 3.01. The van der Waals surface area contributed by atoms with E-state index in [1.165, 1.54) is 31.4 Å². The number of hydrogen-bond donors (Lipinski definition) is 1. The Balaban J connectivity index is 2.16. The number of halogens is 1. The number of nitrogens with two attached hydrogens (primary N) is 1. The van der Waals surface area contributed by atoms with Crippen molar-refractivity contribution in [3.63, 3.8) is 0 Å². The van der Waals surface area contributed by atoms with Crippen molar-refractivity contribution in [2.75, 3.05) is 27.7 Å². The number of benzene rings is 1. The number of likely N-dealkylation sites (N-methyl/N-ethyl adjacent to an activating group) is 2. The second-order valence-corrected chi connectivity index (χ2v) is 6.74. The van der Waals surface area contributed by atoms with Crippen LogP contribution in [0, 0.1) is 5.82 Å². The van der Waals surface area contributed by atoms with Gasteiger partial charge in [0.2, 0.25) is 0 Å². The molecule has 0 heterocycles. The molecule has 1 aliphatic carbocycles. The first kappa shape index (κ1) is 16.4. The fraction of sp³-hybridized carbons (Fsp3) is 0.647. The zero-order valence-corrected chi connectivity index (χ0v) is 13.6. The zero-order valence-electron chi connectivity index (χ0n) is 13.6. The van der Waals surface area contributed by atoms with Crippen LogP contribution in [0.15, 0.2) is 24.3 Å². The Morgan fingerprint density at radius 1 is 1.19 bits per heavy atom. The third kappa shape index (κ3) is 3.44. The lowest BCUT2D eigenvalue weighted by atomic mass is 9.75. The summed E-state index contributed by atoms with van der Waals surface area (Å²) < 4.78 is 13.1. The molecule has 1 aromatic rings. The van der Waals surface area contributed by atoms with Gasteiger partial charge in [0.1, 0.15) is 5.82 Å². The fourth-order valence-electron chi connectivity index (χ4n) is 3.51. The van der Waals surface area contributed by atoms with Gasteiger partial charge in [-0.25, -0.2) is 4.39 Å². The molecule has 1 fully saturated rings. The molecule has 0 bridgehead atoms. The minimum atomic E-state index is -0.200. The van der Waals surface area contributed by atoms with Crippen LogP contribution in [-0.2, 0) is 0 Å². The molecule has 118 valence electrons. The van der Waals surface area contributed by atoms with Crippen molar-refractivity contribution in [3.05, 3.63) is 35.6 Å². The first-order valence-electron chi connectivity index (χ1n) is 7.74. The largest absolute Gasteiger partial charge is 0.326 e. The zero-order chi connectivity index (χ0) is 15.6. The SMILES string of the molecule is CC(N)C(c1ccc(F)cc1)N(C)CC1(N(C)C)CCC1. The van der Waals surface area contributed by atoms with Gasteiger partial charge in [0.15, 0.2) is 0 Å². The van der Waals surface area contributed by atoms with Gasteiger partial charge in [-0.15, -0.1) is 0 Å². The normalized spacial score (nSPS) is 20.4. The standard InChI is InChI=1S/C17H28FN3/c1-13(19)16(14-6-8-15(18)9-7-14)21(4)12-17(20(2)3)10-5-11-17/h6-9,13,16H,5,10-12,19H2,1-4H3. The highest BCUT2D eigenvalue weighted by atomic mass is 19.1. The molecule has 3 nitrogen and oxygen atoms in total. The summed E-state index contributed by atoms with van der Waals surface area (Å²) in [6.07, 6.45) is 3.77. The van der Waals surface area contributed by atoms with E-state index in [2.05, 4.69) is 30.9 Å². The van der Waals surface area contributed by atoms with Crippen molar-refractivity contribution < 1.29 is 4.39 Å². The number of rotatable bonds is 6. The maximum atomic E-state index is 13.1. The first-order valence-corrected chi connectivity index (χ1v) is 7.74. The van der Waals surface area contributed by atoms with Crippen LogP contribution in [0.3, 0.4) is 0 Å². The predicted molar refractivity (Wildman–Crippen MR) is 85.7 cm³/mol. The molecule has 4 heteroatoms. The van der Waals surface area contributed by atoms with Crippen LogP contribution in [0.4, 0.5) is 4.39 Å². The van der Waals surface area contributed by atoms with Gasteiger partial charge in [0.25, 0.3) is 0 Å². The summed E-state index contributed by atoms with van der Waals surface area (Å²) in [6, 6.07) is 6.85. The minimum absolute atomic E-state index is 0.000231.